The molecule has 2 amide bonds. The summed E-state index contributed by atoms with van der Waals surface area (Å²) in [5, 5.41) is 5.49. The minimum Gasteiger partial charge on any atom is -0.298 e. The van der Waals surface area contributed by atoms with E-state index in [1.165, 1.54) is 4.90 Å². The van der Waals surface area contributed by atoms with Crippen LogP contribution in [-0.2, 0) is 16.0 Å². The molecular formula is C24H19ClN2O2S. The molecular weight excluding hydrogens is 416 g/mol. The van der Waals surface area contributed by atoms with E-state index in [-0.39, 0.29) is 10.7 Å². The third-order valence-electron chi connectivity index (χ3n) is 5.06. The minimum atomic E-state index is -0.495. The Balaban J connectivity index is 1.81. The first kappa shape index (κ1) is 20.3. The average Bonchev–Trinajstić information content (AvgIpc) is 2.73. The molecule has 1 aliphatic heterocycles. The van der Waals surface area contributed by atoms with Gasteiger partial charge in [-0.05, 0) is 70.9 Å². The SMILES string of the molecule is CCCc1c(/C=C2/C(=O)NC(=S)N(c3ccc(Cl)cc3)C2=O)ccc2ccccc12. The van der Waals surface area contributed by atoms with Crippen LogP contribution in [0.25, 0.3) is 16.8 Å². The Hall–Kier alpha value is -3.02. The number of hydrogen-bond acceptors (Lipinski definition) is 3. The van der Waals surface area contributed by atoms with E-state index in [9.17, 15) is 9.59 Å². The number of fused-ring (bicyclic) bond motifs is 1. The fourth-order valence-corrected chi connectivity index (χ4v) is 4.06. The Bertz CT molecular complexity index is 1200. The number of carbonyl (C=O) groups is 2. The van der Waals surface area contributed by atoms with Crippen LogP contribution in [0.15, 0.2) is 66.2 Å². The number of amides is 2. The number of hydrogen-bond donors (Lipinski definition) is 1. The molecule has 0 saturated carbocycles. The second-order valence-electron chi connectivity index (χ2n) is 7.04. The van der Waals surface area contributed by atoms with Gasteiger partial charge < -0.3 is 0 Å². The van der Waals surface area contributed by atoms with Crippen LogP contribution in [0, 0.1) is 0 Å². The van der Waals surface area contributed by atoms with Crippen molar-refractivity contribution in [1.82, 2.24) is 5.32 Å². The van der Waals surface area contributed by atoms with E-state index in [0.29, 0.717) is 10.7 Å². The second kappa shape index (κ2) is 8.38. The number of nitrogens with one attached hydrogen (secondary N) is 1. The van der Waals surface area contributed by atoms with Crippen molar-refractivity contribution in [2.24, 2.45) is 0 Å². The molecule has 0 atom stereocenters. The van der Waals surface area contributed by atoms with Gasteiger partial charge in [-0.1, -0.05) is 61.3 Å². The summed E-state index contributed by atoms with van der Waals surface area (Å²) < 4.78 is 0. The first-order chi connectivity index (χ1) is 14.5. The van der Waals surface area contributed by atoms with Crippen molar-refractivity contribution in [3.8, 4) is 0 Å². The Kier molecular flexibility index (Phi) is 5.66. The summed E-state index contributed by atoms with van der Waals surface area (Å²) >= 11 is 11.2. The van der Waals surface area contributed by atoms with Gasteiger partial charge in [-0.3, -0.25) is 19.8 Å². The molecule has 0 aliphatic carbocycles. The number of benzene rings is 3. The van der Waals surface area contributed by atoms with Gasteiger partial charge in [0.1, 0.15) is 5.57 Å². The van der Waals surface area contributed by atoms with Crippen LogP contribution in [0.4, 0.5) is 5.69 Å². The van der Waals surface area contributed by atoms with Gasteiger partial charge in [0, 0.05) is 5.02 Å². The topological polar surface area (TPSA) is 49.4 Å². The van der Waals surface area contributed by atoms with Crippen molar-refractivity contribution in [1.29, 1.82) is 0 Å². The van der Waals surface area contributed by atoms with E-state index in [2.05, 4.69) is 24.4 Å². The Morgan fingerprint density at radius 1 is 1.03 bits per heavy atom. The van der Waals surface area contributed by atoms with Crippen LogP contribution in [0.2, 0.25) is 5.02 Å². The van der Waals surface area contributed by atoms with Crippen molar-refractivity contribution < 1.29 is 9.59 Å². The van der Waals surface area contributed by atoms with Crippen molar-refractivity contribution in [2.45, 2.75) is 19.8 Å². The summed E-state index contributed by atoms with van der Waals surface area (Å²) in [5.41, 5.74) is 2.58. The Morgan fingerprint density at radius 2 is 1.77 bits per heavy atom. The van der Waals surface area contributed by atoms with Gasteiger partial charge in [-0.2, -0.15) is 0 Å². The molecule has 0 aromatic heterocycles. The third kappa shape index (κ3) is 3.74. The molecule has 4 nitrogen and oxygen atoms in total. The first-order valence-electron chi connectivity index (χ1n) is 9.67. The van der Waals surface area contributed by atoms with Gasteiger partial charge >= 0.3 is 0 Å². The van der Waals surface area contributed by atoms with Crippen molar-refractivity contribution in [3.05, 3.63) is 82.4 Å². The number of rotatable bonds is 4. The molecule has 1 aliphatic rings. The monoisotopic (exact) mass is 434 g/mol. The number of thiocarbonyl (C=S) groups is 1. The van der Waals surface area contributed by atoms with E-state index >= 15 is 0 Å². The largest absolute Gasteiger partial charge is 0.298 e. The molecule has 3 aromatic rings. The standard InChI is InChI=1S/C24H19ClN2O2S/c1-2-5-19-16(9-8-15-6-3-4-7-20(15)19)14-21-22(28)26-24(30)27(23(21)29)18-12-10-17(25)11-13-18/h3-4,6-14H,2,5H2,1H3,(H,26,28,30)/b21-14-. The van der Waals surface area contributed by atoms with Gasteiger partial charge in [0.15, 0.2) is 5.11 Å². The maximum atomic E-state index is 13.2. The van der Waals surface area contributed by atoms with Crippen LogP contribution in [0.3, 0.4) is 0 Å². The fourth-order valence-electron chi connectivity index (χ4n) is 3.65. The van der Waals surface area contributed by atoms with Crippen molar-refractivity contribution >= 4 is 63.3 Å². The van der Waals surface area contributed by atoms with Gasteiger partial charge in [0.05, 0.1) is 5.69 Å². The zero-order chi connectivity index (χ0) is 21.3. The van der Waals surface area contributed by atoms with Crippen molar-refractivity contribution in [2.75, 3.05) is 4.90 Å². The maximum absolute atomic E-state index is 13.2. The number of halogens is 1. The highest BCUT2D eigenvalue weighted by Gasteiger charge is 2.34. The van der Waals surface area contributed by atoms with Crippen LogP contribution in [-0.4, -0.2) is 16.9 Å². The molecule has 4 rings (SSSR count). The molecule has 0 spiro atoms. The predicted octanol–water partition coefficient (Wildman–Crippen LogP) is 5.28. The smallest absolute Gasteiger partial charge is 0.270 e. The van der Waals surface area contributed by atoms with Crippen LogP contribution >= 0.6 is 23.8 Å². The number of aryl methyl sites for hydroxylation is 1. The van der Waals surface area contributed by atoms with Crippen LogP contribution in [0.5, 0.6) is 0 Å². The summed E-state index contributed by atoms with van der Waals surface area (Å²) in [5.74, 6) is -0.951. The highest BCUT2D eigenvalue weighted by atomic mass is 35.5. The van der Waals surface area contributed by atoms with Crippen LogP contribution < -0.4 is 10.2 Å². The zero-order valence-corrected chi connectivity index (χ0v) is 17.9. The van der Waals surface area contributed by atoms with E-state index < -0.39 is 11.8 Å². The number of nitrogens with zero attached hydrogens (tertiary/aromatic N) is 1. The fraction of sp³-hybridized carbons (Fsp3) is 0.125. The molecule has 1 heterocycles. The lowest BCUT2D eigenvalue weighted by atomic mass is 9.94. The normalized spacial score (nSPS) is 15.7. The van der Waals surface area contributed by atoms with Crippen LogP contribution in [0.1, 0.15) is 24.5 Å². The lowest BCUT2D eigenvalue weighted by molar-refractivity contribution is -0.122. The molecule has 1 saturated heterocycles. The molecule has 0 bridgehead atoms. The minimum absolute atomic E-state index is 0.0474. The summed E-state index contributed by atoms with van der Waals surface area (Å²) in [4.78, 5) is 27.2. The lowest BCUT2D eigenvalue weighted by Crippen LogP contribution is -2.54. The van der Waals surface area contributed by atoms with Gasteiger partial charge in [0.2, 0.25) is 0 Å². The van der Waals surface area contributed by atoms with Gasteiger partial charge in [-0.15, -0.1) is 0 Å². The number of carbonyl (C=O) groups excluding carboxylic acids is 2. The highest BCUT2D eigenvalue weighted by molar-refractivity contribution is 7.80. The van der Waals surface area contributed by atoms with Crippen molar-refractivity contribution in [3.63, 3.8) is 0 Å². The maximum Gasteiger partial charge on any atom is 0.270 e. The lowest BCUT2D eigenvalue weighted by Gasteiger charge is -2.29. The van der Waals surface area contributed by atoms with Gasteiger partial charge in [-0.25, -0.2) is 0 Å². The molecule has 0 radical (unpaired) electrons. The van der Waals surface area contributed by atoms with E-state index in [0.717, 1.165) is 34.7 Å². The van der Waals surface area contributed by atoms with Gasteiger partial charge in [0.25, 0.3) is 11.8 Å². The summed E-state index contributed by atoms with van der Waals surface area (Å²) in [6.45, 7) is 2.11. The molecule has 6 heteroatoms. The summed E-state index contributed by atoms with van der Waals surface area (Å²) in [6.07, 6.45) is 3.46. The predicted molar refractivity (Wildman–Crippen MR) is 126 cm³/mol. The Morgan fingerprint density at radius 3 is 2.50 bits per heavy atom. The molecule has 1 fully saturated rings. The molecule has 150 valence electrons. The molecule has 0 unspecified atom stereocenters. The van der Waals surface area contributed by atoms with E-state index in [4.69, 9.17) is 23.8 Å². The zero-order valence-electron chi connectivity index (χ0n) is 16.3. The molecule has 30 heavy (non-hydrogen) atoms. The second-order valence-corrected chi connectivity index (χ2v) is 7.86. The number of anilines is 1. The summed E-state index contributed by atoms with van der Waals surface area (Å²) in [6, 6.07) is 18.8. The quantitative estimate of drug-likeness (QED) is 0.345. The van der Waals surface area contributed by atoms with E-state index in [1.807, 2.05) is 24.3 Å². The Labute approximate surface area is 185 Å². The average molecular weight is 435 g/mol. The highest BCUT2D eigenvalue weighted by Crippen LogP contribution is 2.28. The van der Waals surface area contributed by atoms with E-state index in [1.54, 1.807) is 30.3 Å². The summed E-state index contributed by atoms with van der Waals surface area (Å²) in [7, 11) is 0. The first-order valence-corrected chi connectivity index (χ1v) is 10.5. The third-order valence-corrected chi connectivity index (χ3v) is 5.60. The molecule has 3 aromatic carbocycles. The molecule has 1 N–H and O–H groups in total.